The molecular formula is C15H20FNO3. The Bertz CT molecular complexity index is 498. The van der Waals surface area contributed by atoms with Crippen LogP contribution in [0.15, 0.2) is 24.3 Å². The van der Waals surface area contributed by atoms with Crippen molar-refractivity contribution in [3.05, 3.63) is 35.6 Å². The van der Waals surface area contributed by atoms with Gasteiger partial charge in [0.1, 0.15) is 5.82 Å². The van der Waals surface area contributed by atoms with Gasteiger partial charge in [-0.25, -0.2) is 4.39 Å². The number of β-amino-alcohol motifs (C(OH)–C–C–N with tert-alkyl or cyclic N) is 1. The Hall–Kier alpha value is -1.46. The van der Waals surface area contributed by atoms with Crippen LogP contribution >= 0.6 is 0 Å². The highest BCUT2D eigenvalue weighted by molar-refractivity contribution is 5.78. The summed E-state index contributed by atoms with van der Waals surface area (Å²) in [6.07, 6.45) is -0.249. The summed E-state index contributed by atoms with van der Waals surface area (Å²) in [5.74, 6) is -0.595. The van der Waals surface area contributed by atoms with Gasteiger partial charge in [-0.1, -0.05) is 12.1 Å². The molecule has 20 heavy (non-hydrogen) atoms. The molecule has 0 aliphatic carbocycles. The molecule has 2 N–H and O–H groups in total. The SMILES string of the molecule is CC(C)(O)CC(=O)N1C[C@H](O)C[C@H]1c1cccc(F)c1. The van der Waals surface area contributed by atoms with Crippen molar-refractivity contribution in [1.82, 2.24) is 4.90 Å². The van der Waals surface area contributed by atoms with E-state index in [1.807, 2.05) is 0 Å². The molecule has 2 atom stereocenters. The van der Waals surface area contributed by atoms with E-state index in [4.69, 9.17) is 0 Å². The summed E-state index contributed by atoms with van der Waals surface area (Å²) in [6.45, 7) is 3.35. The fraction of sp³-hybridized carbons (Fsp3) is 0.533. The number of nitrogens with zero attached hydrogens (tertiary/aromatic N) is 1. The highest BCUT2D eigenvalue weighted by Gasteiger charge is 2.36. The molecule has 1 aromatic carbocycles. The topological polar surface area (TPSA) is 60.8 Å². The molecule has 1 fully saturated rings. The van der Waals surface area contributed by atoms with Crippen molar-refractivity contribution < 1.29 is 19.4 Å². The minimum atomic E-state index is -1.10. The largest absolute Gasteiger partial charge is 0.391 e. The van der Waals surface area contributed by atoms with Crippen LogP contribution in [0.2, 0.25) is 0 Å². The van der Waals surface area contributed by atoms with Crippen LogP contribution in [0.3, 0.4) is 0 Å². The molecule has 0 spiro atoms. The zero-order valence-electron chi connectivity index (χ0n) is 11.7. The van der Waals surface area contributed by atoms with Gasteiger partial charge in [-0.2, -0.15) is 0 Å². The summed E-state index contributed by atoms with van der Waals surface area (Å²) in [7, 11) is 0. The molecule has 1 aliphatic rings. The number of amides is 1. The number of carbonyl (C=O) groups excluding carboxylic acids is 1. The second-order valence-electron chi connectivity index (χ2n) is 6.00. The minimum Gasteiger partial charge on any atom is -0.391 e. The van der Waals surface area contributed by atoms with Crippen LogP contribution in [0, 0.1) is 5.82 Å². The summed E-state index contributed by atoms with van der Waals surface area (Å²) in [6, 6.07) is 5.73. The molecular weight excluding hydrogens is 261 g/mol. The number of aliphatic hydroxyl groups excluding tert-OH is 1. The van der Waals surface area contributed by atoms with Gasteiger partial charge < -0.3 is 15.1 Å². The van der Waals surface area contributed by atoms with Gasteiger partial charge in [-0.05, 0) is 38.0 Å². The summed E-state index contributed by atoms with van der Waals surface area (Å²) in [5, 5.41) is 19.5. The van der Waals surface area contributed by atoms with E-state index >= 15 is 0 Å². The molecule has 0 aromatic heterocycles. The quantitative estimate of drug-likeness (QED) is 0.885. The molecule has 0 saturated carbocycles. The van der Waals surface area contributed by atoms with Crippen LogP contribution in [-0.2, 0) is 4.79 Å². The molecule has 1 saturated heterocycles. The standard InChI is InChI=1S/C15H20FNO3/c1-15(2,20)8-14(19)17-9-12(18)7-13(17)10-4-3-5-11(16)6-10/h3-6,12-13,18,20H,7-9H2,1-2H3/t12-,13+/m1/s1. The average Bonchev–Trinajstić information content (AvgIpc) is 2.69. The first kappa shape index (κ1) is 14.9. The van der Waals surface area contributed by atoms with Crippen LogP contribution in [-0.4, -0.2) is 39.3 Å². The third-order valence-electron chi connectivity index (χ3n) is 3.42. The Kier molecular flexibility index (Phi) is 4.11. The summed E-state index contributed by atoms with van der Waals surface area (Å²) in [4.78, 5) is 13.8. The van der Waals surface area contributed by atoms with Crippen LogP contribution in [0.5, 0.6) is 0 Å². The second kappa shape index (κ2) is 5.50. The monoisotopic (exact) mass is 281 g/mol. The van der Waals surface area contributed by atoms with Crippen molar-refractivity contribution >= 4 is 5.91 Å². The lowest BCUT2D eigenvalue weighted by Crippen LogP contribution is -2.36. The van der Waals surface area contributed by atoms with E-state index in [0.717, 1.165) is 0 Å². The first-order valence-electron chi connectivity index (χ1n) is 6.71. The van der Waals surface area contributed by atoms with E-state index in [-0.39, 0.29) is 30.7 Å². The maximum absolute atomic E-state index is 13.3. The van der Waals surface area contributed by atoms with Crippen molar-refractivity contribution in [2.45, 2.75) is 44.4 Å². The lowest BCUT2D eigenvalue weighted by atomic mass is 10.0. The number of hydrogen-bond donors (Lipinski definition) is 2. The zero-order valence-corrected chi connectivity index (χ0v) is 11.7. The number of carbonyl (C=O) groups is 1. The van der Waals surface area contributed by atoms with E-state index in [1.54, 1.807) is 26.0 Å². The summed E-state index contributed by atoms with van der Waals surface area (Å²) < 4.78 is 13.3. The number of hydrogen-bond acceptors (Lipinski definition) is 3. The molecule has 1 aliphatic heterocycles. The lowest BCUT2D eigenvalue weighted by molar-refractivity contribution is -0.136. The van der Waals surface area contributed by atoms with Crippen molar-refractivity contribution in [2.75, 3.05) is 6.54 Å². The molecule has 4 nitrogen and oxygen atoms in total. The second-order valence-corrected chi connectivity index (χ2v) is 6.00. The summed E-state index contributed by atoms with van der Waals surface area (Å²) in [5.41, 5.74) is -0.428. The van der Waals surface area contributed by atoms with Gasteiger partial charge >= 0.3 is 0 Å². The predicted molar refractivity (Wildman–Crippen MR) is 72.4 cm³/mol. The fourth-order valence-electron chi connectivity index (χ4n) is 2.59. The first-order chi connectivity index (χ1) is 9.26. The van der Waals surface area contributed by atoms with Crippen molar-refractivity contribution in [3.63, 3.8) is 0 Å². The fourth-order valence-corrected chi connectivity index (χ4v) is 2.59. The van der Waals surface area contributed by atoms with Crippen LogP contribution < -0.4 is 0 Å². The van der Waals surface area contributed by atoms with Gasteiger partial charge in [0.2, 0.25) is 5.91 Å². The molecule has 1 heterocycles. The Morgan fingerprint density at radius 2 is 2.20 bits per heavy atom. The Labute approximate surface area is 117 Å². The summed E-state index contributed by atoms with van der Waals surface area (Å²) >= 11 is 0. The Morgan fingerprint density at radius 1 is 1.50 bits per heavy atom. The third-order valence-corrected chi connectivity index (χ3v) is 3.42. The smallest absolute Gasteiger partial charge is 0.226 e. The highest BCUT2D eigenvalue weighted by atomic mass is 19.1. The van der Waals surface area contributed by atoms with Gasteiger partial charge in [0, 0.05) is 6.54 Å². The number of aliphatic hydroxyl groups is 2. The van der Waals surface area contributed by atoms with Crippen LogP contribution in [0.4, 0.5) is 4.39 Å². The maximum Gasteiger partial charge on any atom is 0.226 e. The molecule has 110 valence electrons. The van der Waals surface area contributed by atoms with E-state index in [2.05, 4.69) is 0 Å². The van der Waals surface area contributed by atoms with Crippen molar-refractivity contribution in [3.8, 4) is 0 Å². The molecule has 5 heteroatoms. The van der Waals surface area contributed by atoms with Crippen molar-refractivity contribution in [2.24, 2.45) is 0 Å². The molecule has 1 amide bonds. The first-order valence-corrected chi connectivity index (χ1v) is 6.71. The number of rotatable bonds is 3. The van der Waals surface area contributed by atoms with Gasteiger partial charge in [0.15, 0.2) is 0 Å². The lowest BCUT2D eigenvalue weighted by Gasteiger charge is -2.27. The third kappa shape index (κ3) is 3.55. The predicted octanol–water partition coefficient (Wildman–Crippen LogP) is 1.62. The molecule has 0 unspecified atom stereocenters. The number of likely N-dealkylation sites (tertiary alicyclic amines) is 1. The van der Waals surface area contributed by atoms with E-state index in [1.165, 1.54) is 17.0 Å². The Balaban J connectivity index is 2.21. The van der Waals surface area contributed by atoms with Crippen molar-refractivity contribution in [1.29, 1.82) is 0 Å². The zero-order chi connectivity index (χ0) is 14.9. The highest BCUT2D eigenvalue weighted by Crippen LogP contribution is 2.33. The average molecular weight is 281 g/mol. The van der Waals surface area contributed by atoms with E-state index in [9.17, 15) is 19.4 Å². The molecule has 0 bridgehead atoms. The van der Waals surface area contributed by atoms with Crippen LogP contribution in [0.1, 0.15) is 38.3 Å². The molecule has 1 aromatic rings. The maximum atomic E-state index is 13.3. The minimum absolute atomic E-state index is 0.0223. The van der Waals surface area contributed by atoms with E-state index < -0.39 is 11.7 Å². The van der Waals surface area contributed by atoms with E-state index in [0.29, 0.717) is 12.0 Å². The Morgan fingerprint density at radius 3 is 2.80 bits per heavy atom. The molecule has 2 rings (SSSR count). The van der Waals surface area contributed by atoms with Gasteiger partial charge in [-0.3, -0.25) is 4.79 Å². The van der Waals surface area contributed by atoms with Gasteiger partial charge in [0.25, 0.3) is 0 Å². The van der Waals surface area contributed by atoms with Crippen LogP contribution in [0.25, 0.3) is 0 Å². The molecule has 0 radical (unpaired) electrons. The normalized spacial score (nSPS) is 23.1. The number of benzene rings is 1. The number of halogens is 1. The van der Waals surface area contributed by atoms with Gasteiger partial charge in [-0.15, -0.1) is 0 Å². The van der Waals surface area contributed by atoms with Gasteiger partial charge in [0.05, 0.1) is 24.2 Å².